The van der Waals surface area contributed by atoms with Crippen molar-refractivity contribution >= 4 is 22.6 Å². The lowest BCUT2D eigenvalue weighted by molar-refractivity contribution is 0.269. The Morgan fingerprint density at radius 2 is 2.00 bits per heavy atom. The zero-order valence-electron chi connectivity index (χ0n) is 16.6. The smallest absolute Gasteiger partial charge is 0.205 e. The summed E-state index contributed by atoms with van der Waals surface area (Å²) in [6.45, 7) is 9.94. The van der Waals surface area contributed by atoms with Crippen LogP contribution in [0.3, 0.4) is 0 Å². The van der Waals surface area contributed by atoms with Crippen LogP contribution < -0.4 is 10.2 Å². The number of nitrogens with zero attached hydrogens (tertiary/aromatic N) is 6. The van der Waals surface area contributed by atoms with Crippen LogP contribution >= 0.6 is 11.5 Å². The topological polar surface area (TPSA) is 59.9 Å². The molecule has 146 valence electrons. The lowest BCUT2D eigenvalue weighted by atomic mass is 10.2. The highest BCUT2D eigenvalue weighted by Crippen LogP contribution is 2.34. The first-order valence-corrected chi connectivity index (χ1v) is 10.7. The van der Waals surface area contributed by atoms with Crippen LogP contribution in [0.25, 0.3) is 0 Å². The number of aromatic nitrogens is 2. The van der Waals surface area contributed by atoms with E-state index >= 15 is 0 Å². The zero-order valence-corrected chi connectivity index (χ0v) is 17.4. The molecule has 2 heterocycles. The third-order valence-electron chi connectivity index (χ3n) is 5.22. The summed E-state index contributed by atoms with van der Waals surface area (Å²) in [6, 6.07) is 0.568. The van der Waals surface area contributed by atoms with E-state index in [2.05, 4.69) is 57.3 Å². The first-order chi connectivity index (χ1) is 12.6. The van der Waals surface area contributed by atoms with Crippen molar-refractivity contribution < 1.29 is 0 Å². The van der Waals surface area contributed by atoms with Gasteiger partial charge in [-0.05, 0) is 39.8 Å². The van der Waals surface area contributed by atoms with Crippen molar-refractivity contribution in [3.8, 4) is 0 Å². The molecule has 1 aromatic rings. The molecule has 1 aliphatic carbocycles. The number of nitrogens with one attached hydrogen (secondary N) is 1. The number of aryl methyl sites for hydroxylation is 1. The summed E-state index contributed by atoms with van der Waals surface area (Å²) >= 11 is 1.52. The van der Waals surface area contributed by atoms with Crippen LogP contribution in [-0.4, -0.2) is 84.5 Å². The van der Waals surface area contributed by atoms with Gasteiger partial charge >= 0.3 is 0 Å². The van der Waals surface area contributed by atoms with Gasteiger partial charge < -0.3 is 20.0 Å². The van der Waals surface area contributed by atoms with Gasteiger partial charge in [0.1, 0.15) is 5.82 Å². The molecular formula is C18H33N7S. The molecule has 0 radical (unpaired) electrons. The highest BCUT2D eigenvalue weighted by atomic mass is 32.1. The molecule has 7 nitrogen and oxygen atoms in total. The van der Waals surface area contributed by atoms with Crippen LogP contribution in [0.1, 0.15) is 32.5 Å². The fourth-order valence-electron chi connectivity index (χ4n) is 3.45. The van der Waals surface area contributed by atoms with Crippen LogP contribution in [0.5, 0.6) is 0 Å². The van der Waals surface area contributed by atoms with Gasteiger partial charge in [0.05, 0.1) is 6.54 Å². The van der Waals surface area contributed by atoms with Gasteiger partial charge in [-0.1, -0.05) is 6.92 Å². The summed E-state index contributed by atoms with van der Waals surface area (Å²) in [4.78, 5) is 16.7. The molecule has 3 rings (SSSR count). The Hall–Kier alpha value is -1.41. The van der Waals surface area contributed by atoms with E-state index in [9.17, 15) is 0 Å². The molecule has 1 aliphatic heterocycles. The second kappa shape index (κ2) is 8.99. The minimum absolute atomic E-state index is 0.568. The van der Waals surface area contributed by atoms with E-state index < -0.39 is 0 Å². The van der Waals surface area contributed by atoms with Gasteiger partial charge in [-0.3, -0.25) is 4.99 Å². The Balaban J connectivity index is 1.57. The normalized spacial score (nSPS) is 20.0. The highest BCUT2D eigenvalue weighted by Gasteiger charge is 2.32. The third-order valence-corrected chi connectivity index (χ3v) is 6.03. The summed E-state index contributed by atoms with van der Waals surface area (Å²) in [6.07, 6.45) is 3.62. The second-order valence-electron chi connectivity index (χ2n) is 7.38. The Kier molecular flexibility index (Phi) is 6.69. The van der Waals surface area contributed by atoms with Crippen molar-refractivity contribution in [3.05, 3.63) is 5.82 Å². The zero-order chi connectivity index (χ0) is 18.5. The van der Waals surface area contributed by atoms with Gasteiger partial charge in [0, 0.05) is 56.7 Å². The van der Waals surface area contributed by atoms with Crippen LogP contribution in [0.2, 0.25) is 0 Å². The number of hydrogen-bond donors (Lipinski definition) is 1. The molecule has 0 bridgehead atoms. The molecule has 0 spiro atoms. The molecule has 0 aromatic carbocycles. The maximum absolute atomic E-state index is 4.98. The fourth-order valence-corrected chi connectivity index (χ4v) is 4.25. The van der Waals surface area contributed by atoms with Gasteiger partial charge in [0.25, 0.3) is 0 Å². The maximum Gasteiger partial charge on any atom is 0.205 e. The van der Waals surface area contributed by atoms with E-state index in [4.69, 9.17) is 4.99 Å². The summed E-state index contributed by atoms with van der Waals surface area (Å²) in [5.41, 5.74) is 0. The van der Waals surface area contributed by atoms with Crippen LogP contribution in [0, 0.1) is 5.92 Å². The van der Waals surface area contributed by atoms with Gasteiger partial charge in [-0.25, -0.2) is 4.98 Å². The molecule has 1 unspecified atom stereocenters. The SMILES string of the molecule is CCNC(=NCC(C1CC1)N(C)C)N1CCN(c2nc(CC)ns2)CC1. The number of aliphatic imine (C=N–C) groups is 1. The van der Waals surface area contributed by atoms with E-state index in [1.165, 1.54) is 24.4 Å². The van der Waals surface area contributed by atoms with E-state index in [1.54, 1.807) is 0 Å². The third kappa shape index (κ3) is 4.85. The lowest BCUT2D eigenvalue weighted by Crippen LogP contribution is -2.53. The molecule has 1 saturated heterocycles. The quantitative estimate of drug-likeness (QED) is 0.573. The average molecular weight is 380 g/mol. The Labute approximate surface area is 161 Å². The van der Waals surface area contributed by atoms with Crippen LogP contribution in [0.15, 0.2) is 4.99 Å². The molecule has 2 aliphatic rings. The summed E-state index contributed by atoms with van der Waals surface area (Å²) < 4.78 is 4.42. The van der Waals surface area contributed by atoms with Crippen molar-refractivity contribution in [2.24, 2.45) is 10.9 Å². The van der Waals surface area contributed by atoms with Crippen LogP contribution in [-0.2, 0) is 6.42 Å². The minimum atomic E-state index is 0.568. The average Bonchev–Trinajstić information content (AvgIpc) is 3.36. The van der Waals surface area contributed by atoms with Gasteiger partial charge in [0.15, 0.2) is 5.96 Å². The van der Waals surface area contributed by atoms with E-state index in [0.29, 0.717) is 6.04 Å². The van der Waals surface area contributed by atoms with Crippen molar-refractivity contribution in [2.75, 3.05) is 58.3 Å². The monoisotopic (exact) mass is 379 g/mol. The number of rotatable bonds is 7. The maximum atomic E-state index is 4.98. The summed E-state index contributed by atoms with van der Waals surface area (Å²) in [5.74, 6) is 2.85. The Morgan fingerprint density at radius 1 is 1.27 bits per heavy atom. The minimum Gasteiger partial charge on any atom is -0.357 e. The fraction of sp³-hybridized carbons (Fsp3) is 0.833. The van der Waals surface area contributed by atoms with Gasteiger partial charge in [-0.2, -0.15) is 4.37 Å². The molecule has 0 amide bonds. The molecule has 1 N–H and O–H groups in total. The van der Waals surface area contributed by atoms with Gasteiger partial charge in [0.2, 0.25) is 5.13 Å². The number of hydrogen-bond acceptors (Lipinski definition) is 6. The Bertz CT molecular complexity index is 586. The molecule has 1 atom stereocenters. The van der Waals surface area contributed by atoms with Gasteiger partial charge in [-0.15, -0.1) is 0 Å². The lowest BCUT2D eigenvalue weighted by Gasteiger charge is -2.36. The predicted molar refractivity (Wildman–Crippen MR) is 109 cm³/mol. The number of guanidine groups is 1. The Morgan fingerprint density at radius 3 is 2.54 bits per heavy atom. The van der Waals surface area contributed by atoms with E-state index in [1.807, 2.05) is 0 Å². The number of anilines is 1. The first kappa shape index (κ1) is 19.4. The molecule has 1 saturated carbocycles. The standard InChI is InChI=1S/C18H33N7S/c1-5-16-21-18(26-22-16)25-11-9-24(10-12-25)17(19-6-2)20-13-15(23(3)4)14-7-8-14/h14-15H,5-13H2,1-4H3,(H,19,20). The number of piperazine rings is 1. The molecular weight excluding hydrogens is 346 g/mol. The number of likely N-dealkylation sites (N-methyl/N-ethyl adjacent to an activating group) is 1. The van der Waals surface area contributed by atoms with E-state index in [-0.39, 0.29) is 0 Å². The van der Waals surface area contributed by atoms with Crippen molar-refractivity contribution in [1.29, 1.82) is 0 Å². The molecule has 2 fully saturated rings. The predicted octanol–water partition coefficient (Wildman–Crippen LogP) is 1.53. The molecule has 1 aromatic heterocycles. The highest BCUT2D eigenvalue weighted by molar-refractivity contribution is 7.09. The summed E-state index contributed by atoms with van der Waals surface area (Å²) in [5, 5.41) is 4.55. The largest absolute Gasteiger partial charge is 0.357 e. The van der Waals surface area contributed by atoms with Crippen molar-refractivity contribution in [2.45, 2.75) is 39.2 Å². The van der Waals surface area contributed by atoms with Crippen molar-refractivity contribution in [1.82, 2.24) is 24.5 Å². The summed E-state index contributed by atoms with van der Waals surface area (Å²) in [7, 11) is 4.35. The molecule has 26 heavy (non-hydrogen) atoms. The van der Waals surface area contributed by atoms with E-state index in [0.717, 1.165) is 68.5 Å². The van der Waals surface area contributed by atoms with Crippen molar-refractivity contribution in [3.63, 3.8) is 0 Å². The van der Waals surface area contributed by atoms with Crippen LogP contribution in [0.4, 0.5) is 5.13 Å². The first-order valence-electron chi connectivity index (χ1n) is 9.89. The second-order valence-corrected chi connectivity index (χ2v) is 8.11. The molecule has 8 heteroatoms.